The summed E-state index contributed by atoms with van der Waals surface area (Å²) in [4.78, 5) is 5.26. The fourth-order valence-corrected chi connectivity index (χ4v) is 4.45. The van der Waals surface area contributed by atoms with Crippen molar-refractivity contribution >= 4 is 0 Å². The van der Waals surface area contributed by atoms with Gasteiger partial charge in [-0.25, -0.2) is 0 Å². The van der Waals surface area contributed by atoms with Gasteiger partial charge in [0.15, 0.2) is 0 Å². The third kappa shape index (κ3) is 3.32. The molecule has 2 rings (SSSR count). The van der Waals surface area contributed by atoms with Crippen LogP contribution in [-0.4, -0.2) is 54.6 Å². The van der Waals surface area contributed by atoms with Crippen molar-refractivity contribution in [2.45, 2.75) is 64.0 Å². The molecule has 0 spiro atoms. The molecular formula is C16H33N3. The molecule has 0 aromatic heterocycles. The number of nitrogens with two attached hydrogens (primary N) is 1. The van der Waals surface area contributed by atoms with Gasteiger partial charge in [0, 0.05) is 31.2 Å². The lowest BCUT2D eigenvalue weighted by atomic mass is 9.73. The quantitative estimate of drug-likeness (QED) is 0.852. The molecule has 0 amide bonds. The molecule has 3 unspecified atom stereocenters. The Balaban J connectivity index is 2.14. The van der Waals surface area contributed by atoms with Crippen molar-refractivity contribution in [3.8, 4) is 0 Å². The molecule has 19 heavy (non-hydrogen) atoms. The van der Waals surface area contributed by atoms with E-state index < -0.39 is 0 Å². The summed E-state index contributed by atoms with van der Waals surface area (Å²) in [6.45, 7) is 9.25. The maximum atomic E-state index is 6.28. The number of likely N-dealkylation sites (N-methyl/N-ethyl adjacent to an activating group) is 1. The number of hydrogen-bond acceptors (Lipinski definition) is 3. The largest absolute Gasteiger partial charge is 0.329 e. The van der Waals surface area contributed by atoms with Crippen molar-refractivity contribution in [3.63, 3.8) is 0 Å². The predicted octanol–water partition coefficient (Wildman–Crippen LogP) is 2.31. The molecule has 3 nitrogen and oxygen atoms in total. The zero-order valence-electron chi connectivity index (χ0n) is 13.2. The molecular weight excluding hydrogens is 234 g/mol. The van der Waals surface area contributed by atoms with Gasteiger partial charge in [0.25, 0.3) is 0 Å². The zero-order valence-corrected chi connectivity index (χ0v) is 13.2. The van der Waals surface area contributed by atoms with Crippen LogP contribution in [0.3, 0.4) is 0 Å². The van der Waals surface area contributed by atoms with Crippen molar-refractivity contribution in [2.75, 3.05) is 33.2 Å². The van der Waals surface area contributed by atoms with Gasteiger partial charge in [-0.3, -0.25) is 4.90 Å². The Morgan fingerprint density at radius 2 is 2.05 bits per heavy atom. The number of rotatable bonds is 3. The molecule has 2 N–H and O–H groups in total. The summed E-state index contributed by atoms with van der Waals surface area (Å²) in [6, 6.07) is 0.645. The maximum absolute atomic E-state index is 6.28. The second-order valence-corrected chi connectivity index (χ2v) is 6.96. The van der Waals surface area contributed by atoms with Crippen molar-refractivity contribution in [3.05, 3.63) is 0 Å². The molecule has 2 fully saturated rings. The third-order valence-electron chi connectivity index (χ3n) is 5.54. The Labute approximate surface area is 119 Å². The lowest BCUT2D eigenvalue weighted by molar-refractivity contribution is 0.00855. The summed E-state index contributed by atoms with van der Waals surface area (Å²) in [5.41, 5.74) is 6.57. The van der Waals surface area contributed by atoms with E-state index in [2.05, 4.69) is 30.7 Å². The van der Waals surface area contributed by atoms with Crippen LogP contribution < -0.4 is 5.73 Å². The van der Waals surface area contributed by atoms with E-state index in [4.69, 9.17) is 5.73 Å². The van der Waals surface area contributed by atoms with Gasteiger partial charge in [-0.2, -0.15) is 0 Å². The van der Waals surface area contributed by atoms with Crippen LogP contribution in [0.2, 0.25) is 0 Å². The van der Waals surface area contributed by atoms with Crippen LogP contribution in [-0.2, 0) is 0 Å². The van der Waals surface area contributed by atoms with E-state index in [-0.39, 0.29) is 0 Å². The van der Waals surface area contributed by atoms with E-state index in [1.807, 2.05) is 0 Å². The van der Waals surface area contributed by atoms with E-state index in [1.165, 1.54) is 58.2 Å². The first-order chi connectivity index (χ1) is 9.11. The fraction of sp³-hybridized carbons (Fsp3) is 1.00. The monoisotopic (exact) mass is 267 g/mol. The van der Waals surface area contributed by atoms with Gasteiger partial charge in [-0.15, -0.1) is 0 Å². The van der Waals surface area contributed by atoms with E-state index in [1.54, 1.807) is 0 Å². The van der Waals surface area contributed by atoms with Crippen LogP contribution >= 0.6 is 0 Å². The van der Waals surface area contributed by atoms with Crippen molar-refractivity contribution in [2.24, 2.45) is 11.7 Å². The summed E-state index contributed by atoms with van der Waals surface area (Å²) in [7, 11) is 2.25. The second kappa shape index (κ2) is 6.55. The Kier molecular flexibility index (Phi) is 5.27. The molecule has 1 heterocycles. The highest BCUT2D eigenvalue weighted by Gasteiger charge is 2.42. The minimum absolute atomic E-state index is 0.295. The van der Waals surface area contributed by atoms with E-state index in [9.17, 15) is 0 Å². The van der Waals surface area contributed by atoms with E-state index in [0.717, 1.165) is 12.5 Å². The molecule has 112 valence electrons. The first-order valence-corrected chi connectivity index (χ1v) is 8.26. The average molecular weight is 267 g/mol. The lowest BCUT2D eigenvalue weighted by Crippen LogP contribution is -2.60. The SMILES string of the molecule is CCC1CCCC(CN)(N2CCCN(C)CC2C)C1. The fourth-order valence-electron chi connectivity index (χ4n) is 4.45. The smallest absolute Gasteiger partial charge is 0.0337 e. The van der Waals surface area contributed by atoms with Gasteiger partial charge in [0.05, 0.1) is 0 Å². The van der Waals surface area contributed by atoms with Gasteiger partial charge in [-0.1, -0.05) is 26.2 Å². The van der Waals surface area contributed by atoms with Crippen LogP contribution in [0.5, 0.6) is 0 Å². The molecule has 3 heteroatoms. The Bertz CT molecular complexity index is 281. The highest BCUT2D eigenvalue weighted by Crippen LogP contribution is 2.39. The normalized spacial score (nSPS) is 39.2. The predicted molar refractivity (Wildman–Crippen MR) is 82.3 cm³/mol. The van der Waals surface area contributed by atoms with E-state index >= 15 is 0 Å². The highest BCUT2D eigenvalue weighted by molar-refractivity contribution is 4.99. The third-order valence-corrected chi connectivity index (χ3v) is 5.54. The first-order valence-electron chi connectivity index (χ1n) is 8.26. The van der Waals surface area contributed by atoms with Crippen molar-refractivity contribution in [1.29, 1.82) is 0 Å². The minimum atomic E-state index is 0.295. The molecule has 0 bridgehead atoms. The highest BCUT2D eigenvalue weighted by atomic mass is 15.3. The molecule has 0 radical (unpaired) electrons. The molecule has 1 saturated carbocycles. The summed E-state index contributed by atoms with van der Waals surface area (Å²) in [5, 5.41) is 0. The average Bonchev–Trinajstić information content (AvgIpc) is 2.59. The molecule has 0 aromatic carbocycles. The molecule has 2 aliphatic rings. The second-order valence-electron chi connectivity index (χ2n) is 6.96. The van der Waals surface area contributed by atoms with Crippen LogP contribution in [0.15, 0.2) is 0 Å². The molecule has 1 saturated heterocycles. The molecule has 3 atom stereocenters. The minimum Gasteiger partial charge on any atom is -0.329 e. The van der Waals surface area contributed by atoms with Gasteiger partial charge >= 0.3 is 0 Å². The summed E-state index contributed by atoms with van der Waals surface area (Å²) in [5.74, 6) is 0.894. The standard InChI is InChI=1S/C16H33N3/c1-4-15-7-5-8-16(11-15,13-17)19-10-6-9-18(3)12-14(19)2/h14-15H,4-13,17H2,1-3H3. The van der Waals surface area contributed by atoms with Gasteiger partial charge in [0.1, 0.15) is 0 Å². The summed E-state index contributed by atoms with van der Waals surface area (Å²) in [6.07, 6.45) is 8.04. The van der Waals surface area contributed by atoms with Crippen LogP contribution in [0.4, 0.5) is 0 Å². The topological polar surface area (TPSA) is 32.5 Å². The summed E-state index contributed by atoms with van der Waals surface area (Å²) < 4.78 is 0. The Morgan fingerprint density at radius 3 is 2.74 bits per heavy atom. The van der Waals surface area contributed by atoms with E-state index in [0.29, 0.717) is 11.6 Å². The van der Waals surface area contributed by atoms with Gasteiger partial charge < -0.3 is 10.6 Å². The van der Waals surface area contributed by atoms with Crippen molar-refractivity contribution < 1.29 is 0 Å². The van der Waals surface area contributed by atoms with Crippen LogP contribution in [0, 0.1) is 5.92 Å². The first kappa shape index (κ1) is 15.3. The molecule has 0 aromatic rings. The number of hydrogen-bond donors (Lipinski definition) is 1. The van der Waals surface area contributed by atoms with Gasteiger partial charge in [-0.05, 0) is 45.7 Å². The maximum Gasteiger partial charge on any atom is 0.0337 e. The number of nitrogens with zero attached hydrogens (tertiary/aromatic N) is 2. The van der Waals surface area contributed by atoms with Gasteiger partial charge in [0.2, 0.25) is 0 Å². The van der Waals surface area contributed by atoms with Crippen LogP contribution in [0.1, 0.15) is 52.4 Å². The molecule has 1 aliphatic carbocycles. The van der Waals surface area contributed by atoms with Crippen LogP contribution in [0.25, 0.3) is 0 Å². The summed E-state index contributed by atoms with van der Waals surface area (Å²) >= 11 is 0. The Hall–Kier alpha value is -0.120. The van der Waals surface area contributed by atoms with Crippen molar-refractivity contribution in [1.82, 2.24) is 9.80 Å². The molecule has 1 aliphatic heterocycles. The Morgan fingerprint density at radius 1 is 1.26 bits per heavy atom. The lowest BCUT2D eigenvalue weighted by Gasteiger charge is -2.50. The zero-order chi connectivity index (χ0) is 13.9.